The predicted octanol–water partition coefficient (Wildman–Crippen LogP) is 1.46. The second-order valence-corrected chi connectivity index (χ2v) is 2.30. The largest absolute Gasteiger partial charge is 0.355 e. The summed E-state index contributed by atoms with van der Waals surface area (Å²) in [4.78, 5) is 10.9. The minimum Gasteiger partial charge on any atom is -0.355 e. The van der Waals surface area contributed by atoms with Crippen LogP contribution in [-0.2, 0) is 0 Å². The van der Waals surface area contributed by atoms with Crippen LogP contribution in [0.2, 0.25) is 0 Å². The van der Waals surface area contributed by atoms with Gasteiger partial charge in [-0.3, -0.25) is 4.79 Å². The van der Waals surface area contributed by atoms with E-state index in [1.165, 1.54) is 7.05 Å². The van der Waals surface area contributed by atoms with Gasteiger partial charge in [-0.15, -0.1) is 0 Å². The van der Waals surface area contributed by atoms with Crippen LogP contribution in [0, 0.1) is 17.5 Å². The minimum atomic E-state index is -1.64. The fourth-order valence-corrected chi connectivity index (χ4v) is 0.836. The molecule has 1 N–H and O–H groups in total. The van der Waals surface area contributed by atoms with Crippen LogP contribution in [0.15, 0.2) is 12.1 Å². The minimum absolute atomic E-state index is 0.513. The van der Waals surface area contributed by atoms with E-state index >= 15 is 0 Å². The van der Waals surface area contributed by atoms with E-state index in [9.17, 15) is 18.0 Å². The van der Waals surface area contributed by atoms with Crippen LogP contribution in [-0.4, -0.2) is 13.0 Å². The maximum atomic E-state index is 12.8. The van der Waals surface area contributed by atoms with Crippen molar-refractivity contribution in [2.75, 3.05) is 7.05 Å². The fourth-order valence-electron chi connectivity index (χ4n) is 0.836. The number of amides is 1. The lowest BCUT2D eigenvalue weighted by atomic mass is 10.2. The van der Waals surface area contributed by atoms with Gasteiger partial charge in [-0.2, -0.15) is 0 Å². The van der Waals surface area contributed by atoms with E-state index in [2.05, 4.69) is 5.32 Å². The van der Waals surface area contributed by atoms with Crippen molar-refractivity contribution in [1.29, 1.82) is 0 Å². The summed E-state index contributed by atoms with van der Waals surface area (Å²) in [6.45, 7) is 0. The Kier molecular flexibility index (Phi) is 2.55. The van der Waals surface area contributed by atoms with Crippen LogP contribution in [0.3, 0.4) is 0 Å². The molecule has 0 aliphatic heterocycles. The number of hydrogen-bond donors (Lipinski definition) is 1. The molecule has 0 aliphatic rings. The Morgan fingerprint density at radius 2 is 1.85 bits per heavy atom. The van der Waals surface area contributed by atoms with E-state index in [0.717, 1.165) is 6.07 Å². The van der Waals surface area contributed by atoms with Gasteiger partial charge in [0.15, 0.2) is 17.5 Å². The Bertz CT molecular complexity index is 351. The zero-order valence-electron chi connectivity index (χ0n) is 6.70. The van der Waals surface area contributed by atoms with Gasteiger partial charge in [-0.05, 0) is 12.1 Å². The summed E-state index contributed by atoms with van der Waals surface area (Å²) in [6, 6.07) is 1.58. The number of carbonyl (C=O) groups is 1. The van der Waals surface area contributed by atoms with E-state index < -0.39 is 28.9 Å². The number of hydrogen-bond acceptors (Lipinski definition) is 1. The van der Waals surface area contributed by atoms with Crippen molar-refractivity contribution in [1.82, 2.24) is 5.32 Å². The van der Waals surface area contributed by atoms with E-state index in [-0.39, 0.29) is 0 Å². The third-order valence-electron chi connectivity index (χ3n) is 1.51. The first kappa shape index (κ1) is 9.57. The molecule has 13 heavy (non-hydrogen) atoms. The molecule has 0 saturated heterocycles. The van der Waals surface area contributed by atoms with Crippen LogP contribution in [0.4, 0.5) is 13.2 Å². The molecule has 0 atom stereocenters. The normalized spacial score (nSPS) is 9.85. The lowest BCUT2D eigenvalue weighted by molar-refractivity contribution is 0.0958. The van der Waals surface area contributed by atoms with Gasteiger partial charge in [0.2, 0.25) is 0 Å². The average Bonchev–Trinajstić information content (AvgIpc) is 2.13. The first-order valence-electron chi connectivity index (χ1n) is 3.43. The number of carbonyl (C=O) groups excluding carboxylic acids is 1. The molecule has 1 amide bonds. The van der Waals surface area contributed by atoms with Crippen molar-refractivity contribution in [3.05, 3.63) is 35.1 Å². The zero-order chi connectivity index (χ0) is 10.0. The van der Waals surface area contributed by atoms with Gasteiger partial charge in [-0.25, -0.2) is 13.2 Å². The van der Waals surface area contributed by atoms with Crippen LogP contribution >= 0.6 is 0 Å². The molecule has 1 aromatic rings. The van der Waals surface area contributed by atoms with Crippen molar-refractivity contribution >= 4 is 5.91 Å². The van der Waals surface area contributed by atoms with E-state index in [4.69, 9.17) is 0 Å². The summed E-state index contributed by atoms with van der Waals surface area (Å²) in [5, 5.41) is 2.10. The van der Waals surface area contributed by atoms with Gasteiger partial charge < -0.3 is 5.32 Å². The monoisotopic (exact) mass is 189 g/mol. The number of nitrogens with one attached hydrogen (secondary N) is 1. The molecule has 1 aromatic carbocycles. The second-order valence-electron chi connectivity index (χ2n) is 2.30. The zero-order valence-corrected chi connectivity index (χ0v) is 6.70. The third-order valence-corrected chi connectivity index (χ3v) is 1.51. The second kappa shape index (κ2) is 3.47. The van der Waals surface area contributed by atoms with Crippen LogP contribution in [0.25, 0.3) is 0 Å². The first-order chi connectivity index (χ1) is 6.07. The molecule has 0 spiro atoms. The summed E-state index contributed by atoms with van der Waals surface area (Å²) in [5.74, 6) is -5.22. The quantitative estimate of drug-likeness (QED) is 0.666. The molecule has 0 fully saturated rings. The van der Waals surface area contributed by atoms with Crippen molar-refractivity contribution in [3.8, 4) is 0 Å². The molecule has 0 heterocycles. The lowest BCUT2D eigenvalue weighted by Crippen LogP contribution is -2.20. The number of benzene rings is 1. The third kappa shape index (κ3) is 1.63. The van der Waals surface area contributed by atoms with Gasteiger partial charge in [0.1, 0.15) is 0 Å². The fraction of sp³-hybridized carbons (Fsp3) is 0.125. The molecular formula is C8H6F3NO. The van der Waals surface area contributed by atoms with Crippen molar-refractivity contribution < 1.29 is 18.0 Å². The van der Waals surface area contributed by atoms with E-state index in [0.29, 0.717) is 6.07 Å². The van der Waals surface area contributed by atoms with Crippen molar-refractivity contribution in [3.63, 3.8) is 0 Å². The lowest BCUT2D eigenvalue weighted by Gasteiger charge is -2.02. The van der Waals surface area contributed by atoms with Gasteiger partial charge in [0, 0.05) is 7.05 Å². The Hall–Kier alpha value is -1.52. The Morgan fingerprint density at radius 3 is 2.38 bits per heavy atom. The van der Waals surface area contributed by atoms with Gasteiger partial charge >= 0.3 is 0 Å². The van der Waals surface area contributed by atoms with Crippen LogP contribution < -0.4 is 5.32 Å². The highest BCUT2D eigenvalue weighted by atomic mass is 19.2. The maximum absolute atomic E-state index is 12.8. The molecule has 0 unspecified atom stereocenters. The molecule has 2 nitrogen and oxygen atoms in total. The molecule has 0 bridgehead atoms. The van der Waals surface area contributed by atoms with Crippen molar-refractivity contribution in [2.45, 2.75) is 0 Å². The molecule has 0 aromatic heterocycles. The summed E-state index contributed by atoms with van der Waals surface area (Å²) in [5.41, 5.74) is -0.513. The SMILES string of the molecule is CNC(=O)c1ccc(F)c(F)c1F. The van der Waals surface area contributed by atoms with Gasteiger partial charge in [0.05, 0.1) is 5.56 Å². The average molecular weight is 189 g/mol. The summed E-state index contributed by atoms with van der Waals surface area (Å²) >= 11 is 0. The molecule has 5 heteroatoms. The van der Waals surface area contributed by atoms with Crippen LogP contribution in [0.1, 0.15) is 10.4 Å². The highest BCUT2D eigenvalue weighted by molar-refractivity contribution is 5.94. The maximum Gasteiger partial charge on any atom is 0.254 e. The molecule has 0 saturated carbocycles. The molecule has 70 valence electrons. The molecule has 0 radical (unpaired) electrons. The Morgan fingerprint density at radius 1 is 1.23 bits per heavy atom. The smallest absolute Gasteiger partial charge is 0.254 e. The van der Waals surface area contributed by atoms with Gasteiger partial charge in [0.25, 0.3) is 5.91 Å². The Labute approximate surface area is 72.4 Å². The van der Waals surface area contributed by atoms with Crippen LogP contribution in [0.5, 0.6) is 0 Å². The number of halogens is 3. The molecule has 0 aliphatic carbocycles. The highest BCUT2D eigenvalue weighted by Gasteiger charge is 2.17. The first-order valence-corrected chi connectivity index (χ1v) is 3.43. The van der Waals surface area contributed by atoms with Gasteiger partial charge in [-0.1, -0.05) is 0 Å². The van der Waals surface area contributed by atoms with E-state index in [1.807, 2.05) is 0 Å². The summed E-state index contributed by atoms with van der Waals surface area (Å²) in [6.07, 6.45) is 0. The molecule has 1 rings (SSSR count). The standard InChI is InChI=1S/C8H6F3NO/c1-12-8(13)4-2-3-5(9)7(11)6(4)10/h2-3H,1H3,(H,12,13). The van der Waals surface area contributed by atoms with Crippen molar-refractivity contribution in [2.24, 2.45) is 0 Å². The topological polar surface area (TPSA) is 29.1 Å². The Balaban J connectivity index is 3.26. The van der Waals surface area contributed by atoms with E-state index in [1.54, 1.807) is 0 Å². The highest BCUT2D eigenvalue weighted by Crippen LogP contribution is 2.14. The summed E-state index contributed by atoms with van der Waals surface area (Å²) in [7, 11) is 1.27. The number of rotatable bonds is 1. The predicted molar refractivity (Wildman–Crippen MR) is 39.7 cm³/mol. The molecular weight excluding hydrogens is 183 g/mol. The summed E-state index contributed by atoms with van der Waals surface area (Å²) < 4.78 is 37.8.